The third-order valence-corrected chi connectivity index (χ3v) is 0.927. The van der Waals surface area contributed by atoms with E-state index >= 15 is 0 Å². The number of hydrogen-bond donors (Lipinski definition) is 0. The highest BCUT2D eigenvalue weighted by molar-refractivity contribution is 6.15. The number of hydrogen-bond acceptors (Lipinski definition) is 1. The van der Waals surface area contributed by atoms with E-state index < -0.39 is 0 Å². The molecule has 1 rings (SSSR count). The molecular weight excluding hydrogens is 147 g/mol. The molecule has 4 heteroatoms. The van der Waals surface area contributed by atoms with Crippen LogP contribution in [0.25, 0.3) is 0 Å². The first kappa shape index (κ1) is 7.79. The van der Waals surface area contributed by atoms with Crippen LogP contribution in [0.3, 0.4) is 0 Å². The van der Waals surface area contributed by atoms with Crippen LogP contribution in [-0.4, -0.2) is 9.78 Å². The maximum absolute atomic E-state index is 5.37. The molecule has 1 aromatic rings. The molecule has 0 aromatic carbocycles. The number of nitrogens with zero attached hydrogens (tertiary/aromatic N) is 2. The van der Waals surface area contributed by atoms with E-state index in [2.05, 4.69) is 5.10 Å². The predicted molar refractivity (Wildman–Crippen MR) is 35.3 cm³/mol. The Morgan fingerprint density at radius 3 is 2.62 bits per heavy atom. The Labute approximate surface area is 58.9 Å². The van der Waals surface area contributed by atoms with Crippen molar-refractivity contribution in [3.8, 4) is 0 Å². The molecule has 0 fully saturated rings. The maximum atomic E-state index is 5.37. The normalized spacial score (nSPS) is 8.12. The molecule has 0 spiro atoms. The van der Waals surface area contributed by atoms with Gasteiger partial charge in [-0.1, -0.05) is 0 Å². The van der Waals surface area contributed by atoms with Crippen LogP contribution in [0.4, 0.5) is 0 Å². The smallest absolute Gasteiger partial charge is 0.115 e. The van der Waals surface area contributed by atoms with E-state index in [1.807, 2.05) is 12.3 Å². The average Bonchev–Trinajstić information content (AvgIpc) is 2.14. The zero-order valence-electron chi connectivity index (χ0n) is 4.12. The number of rotatable bonds is 1. The minimum atomic E-state index is 0. The van der Waals surface area contributed by atoms with Crippen molar-refractivity contribution in [1.29, 1.82) is 0 Å². The van der Waals surface area contributed by atoms with Crippen molar-refractivity contribution in [2.45, 2.75) is 6.00 Å². The summed E-state index contributed by atoms with van der Waals surface area (Å²) in [5.41, 5.74) is 0. The lowest BCUT2D eigenvalue weighted by Gasteiger charge is -1.85. The van der Waals surface area contributed by atoms with Gasteiger partial charge in [-0.25, -0.2) is 0 Å². The lowest BCUT2D eigenvalue weighted by atomic mass is 10.8. The standard InChI is InChI=1S/C4H5ClN2.ClH/c5-4-7-3-1-2-6-7;/h1-3H,4H2;1H. The van der Waals surface area contributed by atoms with Gasteiger partial charge in [0.05, 0.1) is 0 Å². The molecular formula is C4H6Cl2N2. The van der Waals surface area contributed by atoms with Gasteiger partial charge >= 0.3 is 0 Å². The second kappa shape index (κ2) is 3.75. The van der Waals surface area contributed by atoms with Gasteiger partial charge in [-0.2, -0.15) is 5.10 Å². The Morgan fingerprint density at radius 1 is 1.62 bits per heavy atom. The summed E-state index contributed by atoms with van der Waals surface area (Å²) in [7, 11) is 0. The average molecular weight is 153 g/mol. The van der Waals surface area contributed by atoms with Crippen molar-refractivity contribution < 1.29 is 0 Å². The fraction of sp³-hybridized carbons (Fsp3) is 0.250. The highest BCUT2D eigenvalue weighted by atomic mass is 35.5. The van der Waals surface area contributed by atoms with E-state index in [-0.39, 0.29) is 12.4 Å². The highest BCUT2D eigenvalue weighted by Crippen LogP contribution is 1.85. The van der Waals surface area contributed by atoms with E-state index in [0.717, 1.165) is 0 Å². The third kappa shape index (κ3) is 1.72. The summed E-state index contributed by atoms with van der Waals surface area (Å²) in [4.78, 5) is 0. The molecule has 0 amide bonds. The largest absolute Gasteiger partial charge is 0.258 e. The molecule has 1 aromatic heterocycles. The van der Waals surface area contributed by atoms with Crippen LogP contribution in [0.5, 0.6) is 0 Å². The Kier molecular flexibility index (Phi) is 3.65. The van der Waals surface area contributed by atoms with Crippen LogP contribution >= 0.6 is 24.0 Å². The lowest BCUT2D eigenvalue weighted by Crippen LogP contribution is -1.89. The third-order valence-electron chi connectivity index (χ3n) is 0.682. The van der Waals surface area contributed by atoms with Gasteiger partial charge in [-0.05, 0) is 6.07 Å². The second-order valence-corrected chi connectivity index (χ2v) is 1.40. The van der Waals surface area contributed by atoms with Crippen LogP contribution in [0.2, 0.25) is 0 Å². The second-order valence-electron chi connectivity index (χ2n) is 1.17. The molecule has 0 N–H and O–H groups in total. The van der Waals surface area contributed by atoms with Gasteiger partial charge in [0.15, 0.2) is 0 Å². The topological polar surface area (TPSA) is 17.8 Å². The van der Waals surface area contributed by atoms with E-state index in [9.17, 15) is 0 Å². The first-order valence-corrected chi connectivity index (χ1v) is 2.50. The molecule has 0 aliphatic heterocycles. The molecule has 0 saturated carbocycles. The SMILES string of the molecule is Cl.ClCn1cccn1. The van der Waals surface area contributed by atoms with Crippen molar-refractivity contribution in [3.05, 3.63) is 18.5 Å². The highest BCUT2D eigenvalue weighted by Gasteiger charge is 1.78. The van der Waals surface area contributed by atoms with Gasteiger partial charge in [0.2, 0.25) is 0 Å². The van der Waals surface area contributed by atoms with Gasteiger partial charge in [-0.15, -0.1) is 24.0 Å². The van der Waals surface area contributed by atoms with Gasteiger partial charge in [0.25, 0.3) is 0 Å². The number of alkyl halides is 1. The number of aromatic nitrogens is 2. The lowest BCUT2D eigenvalue weighted by molar-refractivity contribution is 0.744. The fourth-order valence-electron chi connectivity index (χ4n) is 0.371. The summed E-state index contributed by atoms with van der Waals surface area (Å²) in [5, 5.41) is 3.82. The Balaban J connectivity index is 0.000000490. The van der Waals surface area contributed by atoms with Crippen LogP contribution in [-0.2, 0) is 6.00 Å². The van der Waals surface area contributed by atoms with Crippen LogP contribution in [0.15, 0.2) is 18.5 Å². The van der Waals surface area contributed by atoms with Crippen LogP contribution in [0, 0.1) is 0 Å². The van der Waals surface area contributed by atoms with E-state index in [0.29, 0.717) is 6.00 Å². The maximum Gasteiger partial charge on any atom is 0.115 e. The van der Waals surface area contributed by atoms with E-state index in [1.54, 1.807) is 10.9 Å². The van der Waals surface area contributed by atoms with Crippen LogP contribution < -0.4 is 0 Å². The summed E-state index contributed by atoms with van der Waals surface area (Å²) in [6.07, 6.45) is 3.51. The Morgan fingerprint density at radius 2 is 2.38 bits per heavy atom. The molecule has 1 heterocycles. The zero-order valence-corrected chi connectivity index (χ0v) is 5.69. The molecule has 0 unspecified atom stereocenters. The first-order chi connectivity index (χ1) is 3.43. The summed E-state index contributed by atoms with van der Waals surface area (Å²) in [6, 6.07) is 2.27. The predicted octanol–water partition coefficient (Wildman–Crippen LogP) is 1.50. The molecule has 0 bridgehead atoms. The molecule has 0 radical (unpaired) electrons. The quantitative estimate of drug-likeness (QED) is 0.559. The minimum absolute atomic E-state index is 0. The van der Waals surface area contributed by atoms with Gasteiger partial charge < -0.3 is 0 Å². The molecule has 0 saturated heterocycles. The molecule has 46 valence electrons. The molecule has 0 aliphatic rings. The molecule has 8 heavy (non-hydrogen) atoms. The van der Waals surface area contributed by atoms with Gasteiger partial charge in [0.1, 0.15) is 6.00 Å². The van der Waals surface area contributed by atoms with Crippen molar-refractivity contribution in [1.82, 2.24) is 9.78 Å². The summed E-state index contributed by atoms with van der Waals surface area (Å²) in [6.45, 7) is 0. The van der Waals surface area contributed by atoms with Gasteiger partial charge in [-0.3, -0.25) is 4.68 Å². The zero-order chi connectivity index (χ0) is 5.11. The van der Waals surface area contributed by atoms with E-state index in [1.165, 1.54) is 0 Å². The molecule has 2 nitrogen and oxygen atoms in total. The summed E-state index contributed by atoms with van der Waals surface area (Å²) < 4.78 is 1.64. The summed E-state index contributed by atoms with van der Waals surface area (Å²) in [5.74, 6) is 0. The number of halogens is 2. The summed E-state index contributed by atoms with van der Waals surface area (Å²) >= 11 is 5.37. The monoisotopic (exact) mass is 152 g/mol. The van der Waals surface area contributed by atoms with Crippen molar-refractivity contribution >= 4 is 24.0 Å². The Bertz CT molecular complexity index is 127. The van der Waals surface area contributed by atoms with Crippen molar-refractivity contribution in [2.24, 2.45) is 0 Å². The molecule has 0 atom stereocenters. The van der Waals surface area contributed by atoms with Crippen molar-refractivity contribution in [3.63, 3.8) is 0 Å². The van der Waals surface area contributed by atoms with E-state index in [4.69, 9.17) is 11.6 Å². The fourth-order valence-corrected chi connectivity index (χ4v) is 0.513. The van der Waals surface area contributed by atoms with Gasteiger partial charge in [0, 0.05) is 12.4 Å². The van der Waals surface area contributed by atoms with Crippen LogP contribution in [0.1, 0.15) is 0 Å². The first-order valence-electron chi connectivity index (χ1n) is 1.97. The Hall–Kier alpha value is -0.210. The molecule has 0 aliphatic carbocycles. The minimum Gasteiger partial charge on any atom is -0.258 e. The van der Waals surface area contributed by atoms with Crippen molar-refractivity contribution in [2.75, 3.05) is 0 Å².